The number of halogens is 1. The second kappa shape index (κ2) is 5.20. The molecule has 0 amide bonds. The maximum atomic E-state index is 12.9. The topological polar surface area (TPSA) is 65.8 Å². The fourth-order valence-electron chi connectivity index (χ4n) is 2.57. The zero-order valence-electron chi connectivity index (χ0n) is 11.1. The number of nitrogens with two attached hydrogens (primary N) is 1. The van der Waals surface area contributed by atoms with Gasteiger partial charge in [0.25, 0.3) is 0 Å². The van der Waals surface area contributed by atoms with Crippen molar-refractivity contribution in [3.63, 3.8) is 0 Å². The summed E-state index contributed by atoms with van der Waals surface area (Å²) in [5, 5.41) is 4.35. The lowest BCUT2D eigenvalue weighted by Gasteiger charge is -2.11. The summed E-state index contributed by atoms with van der Waals surface area (Å²) < 4.78 is 16.0. The first-order chi connectivity index (χ1) is 9.65. The average Bonchev–Trinajstić information content (AvgIpc) is 2.77. The molecule has 0 saturated carbocycles. The lowest BCUT2D eigenvalue weighted by Crippen LogP contribution is -2.30. The zero-order valence-corrected chi connectivity index (χ0v) is 11.1. The molecule has 2 aromatic rings. The van der Waals surface area contributed by atoms with Crippen LogP contribution in [-0.4, -0.2) is 14.3 Å². The molecule has 3 rings (SSSR count). The van der Waals surface area contributed by atoms with E-state index in [4.69, 9.17) is 5.73 Å². The van der Waals surface area contributed by atoms with Crippen LogP contribution in [-0.2, 0) is 19.5 Å². The zero-order chi connectivity index (χ0) is 14.1. The van der Waals surface area contributed by atoms with Crippen molar-refractivity contribution in [2.24, 2.45) is 5.73 Å². The second-order valence-electron chi connectivity index (χ2n) is 5.15. The highest BCUT2D eigenvalue weighted by Crippen LogP contribution is 2.14. The summed E-state index contributed by atoms with van der Waals surface area (Å²) in [6, 6.07) is 5.65. The molecule has 2 heterocycles. The summed E-state index contributed by atoms with van der Waals surface area (Å²) in [5.74, 6) is 0.545. The molecule has 0 radical (unpaired) electrons. The summed E-state index contributed by atoms with van der Waals surface area (Å²) in [6.45, 7) is 1.05. The number of rotatable bonds is 3. The Morgan fingerprint density at radius 1 is 1.30 bits per heavy atom. The summed E-state index contributed by atoms with van der Waals surface area (Å²) in [5.41, 5.74) is 6.77. The number of hydrogen-bond donors (Lipinski definition) is 1. The lowest BCUT2D eigenvalue weighted by atomic mass is 10.1. The van der Waals surface area contributed by atoms with Gasteiger partial charge >= 0.3 is 5.69 Å². The van der Waals surface area contributed by atoms with Crippen LogP contribution in [0.15, 0.2) is 29.1 Å². The maximum Gasteiger partial charge on any atom is 0.345 e. The molecule has 20 heavy (non-hydrogen) atoms. The van der Waals surface area contributed by atoms with Crippen molar-refractivity contribution in [1.82, 2.24) is 14.3 Å². The number of aryl methyl sites for hydroxylation is 1. The van der Waals surface area contributed by atoms with Crippen LogP contribution in [0.5, 0.6) is 0 Å². The third-order valence-corrected chi connectivity index (χ3v) is 3.70. The SMILES string of the molecule is NC(Cn1nc2n(c1=O)CCCC2)c1ccc(F)cc1. The Bertz CT molecular complexity index is 659. The number of fused-ring (bicyclic) bond motifs is 1. The maximum absolute atomic E-state index is 12.9. The van der Waals surface area contributed by atoms with Gasteiger partial charge in [-0.1, -0.05) is 12.1 Å². The van der Waals surface area contributed by atoms with Crippen LogP contribution in [0.25, 0.3) is 0 Å². The standard InChI is InChI=1S/C14H17FN4O/c15-11-6-4-10(5-7-11)12(16)9-19-14(20)18-8-2-1-3-13(18)17-19/h4-7,12H,1-3,8-9,16H2. The van der Waals surface area contributed by atoms with Gasteiger partial charge in [0.15, 0.2) is 0 Å². The molecule has 0 spiro atoms. The lowest BCUT2D eigenvalue weighted by molar-refractivity contribution is 0.497. The summed E-state index contributed by atoms with van der Waals surface area (Å²) in [6.07, 6.45) is 2.93. The highest BCUT2D eigenvalue weighted by Gasteiger charge is 2.18. The first-order valence-corrected chi connectivity index (χ1v) is 6.83. The predicted octanol–water partition coefficient (Wildman–Crippen LogP) is 1.22. The van der Waals surface area contributed by atoms with E-state index in [9.17, 15) is 9.18 Å². The van der Waals surface area contributed by atoms with Gasteiger partial charge in [0.05, 0.1) is 6.54 Å². The van der Waals surface area contributed by atoms with Crippen molar-refractivity contribution in [1.29, 1.82) is 0 Å². The third kappa shape index (κ3) is 2.38. The predicted molar refractivity (Wildman–Crippen MR) is 72.8 cm³/mol. The molecule has 1 atom stereocenters. The van der Waals surface area contributed by atoms with E-state index in [0.717, 1.165) is 37.2 Å². The number of benzene rings is 1. The van der Waals surface area contributed by atoms with E-state index in [-0.39, 0.29) is 17.5 Å². The van der Waals surface area contributed by atoms with Gasteiger partial charge < -0.3 is 5.73 Å². The second-order valence-corrected chi connectivity index (χ2v) is 5.15. The van der Waals surface area contributed by atoms with Gasteiger partial charge in [0.1, 0.15) is 11.6 Å². The van der Waals surface area contributed by atoms with E-state index in [1.165, 1.54) is 16.8 Å². The Morgan fingerprint density at radius 3 is 2.75 bits per heavy atom. The van der Waals surface area contributed by atoms with Crippen LogP contribution in [0.3, 0.4) is 0 Å². The quantitative estimate of drug-likeness (QED) is 0.916. The Morgan fingerprint density at radius 2 is 2.05 bits per heavy atom. The molecule has 2 N–H and O–H groups in total. The van der Waals surface area contributed by atoms with Crippen molar-refractivity contribution < 1.29 is 4.39 Å². The monoisotopic (exact) mass is 276 g/mol. The summed E-state index contributed by atoms with van der Waals surface area (Å²) >= 11 is 0. The van der Waals surface area contributed by atoms with Crippen molar-refractivity contribution in [3.8, 4) is 0 Å². The molecule has 5 nitrogen and oxygen atoms in total. The fourth-order valence-corrected chi connectivity index (χ4v) is 2.57. The first-order valence-electron chi connectivity index (χ1n) is 6.83. The van der Waals surface area contributed by atoms with Gasteiger partial charge in [-0.15, -0.1) is 0 Å². The van der Waals surface area contributed by atoms with Crippen molar-refractivity contribution in [2.75, 3.05) is 0 Å². The molecule has 0 aliphatic carbocycles. The van der Waals surface area contributed by atoms with Gasteiger partial charge in [0, 0.05) is 19.0 Å². The Kier molecular flexibility index (Phi) is 3.40. The molecule has 1 unspecified atom stereocenters. The third-order valence-electron chi connectivity index (χ3n) is 3.70. The van der Waals surface area contributed by atoms with Gasteiger partial charge in [-0.3, -0.25) is 4.57 Å². The Labute approximate surface area is 115 Å². The number of nitrogens with zero attached hydrogens (tertiary/aromatic N) is 3. The van der Waals surface area contributed by atoms with E-state index < -0.39 is 0 Å². The van der Waals surface area contributed by atoms with Crippen molar-refractivity contribution >= 4 is 0 Å². The molecule has 0 fully saturated rings. The molecule has 1 aliphatic rings. The minimum atomic E-state index is -0.370. The first kappa shape index (κ1) is 13.1. The minimum absolute atomic E-state index is 0.0998. The molecule has 1 aromatic carbocycles. The van der Waals surface area contributed by atoms with E-state index in [1.807, 2.05) is 0 Å². The van der Waals surface area contributed by atoms with Gasteiger partial charge in [0.2, 0.25) is 0 Å². The van der Waals surface area contributed by atoms with Crippen LogP contribution in [0, 0.1) is 5.82 Å². The molecule has 6 heteroatoms. The number of hydrogen-bond acceptors (Lipinski definition) is 3. The molecule has 106 valence electrons. The Hall–Kier alpha value is -1.95. The molecular weight excluding hydrogens is 259 g/mol. The smallest absolute Gasteiger partial charge is 0.322 e. The molecule has 1 aromatic heterocycles. The molecule has 0 saturated heterocycles. The largest absolute Gasteiger partial charge is 0.345 e. The molecule has 1 aliphatic heterocycles. The summed E-state index contributed by atoms with van der Waals surface area (Å²) in [4.78, 5) is 12.2. The Balaban J connectivity index is 1.82. The van der Waals surface area contributed by atoms with E-state index in [2.05, 4.69) is 5.10 Å². The van der Waals surface area contributed by atoms with Crippen molar-refractivity contribution in [3.05, 3.63) is 52.0 Å². The summed E-state index contributed by atoms with van der Waals surface area (Å²) in [7, 11) is 0. The van der Waals surface area contributed by atoms with E-state index in [1.54, 1.807) is 16.7 Å². The van der Waals surface area contributed by atoms with Crippen LogP contribution in [0.2, 0.25) is 0 Å². The van der Waals surface area contributed by atoms with Crippen LogP contribution >= 0.6 is 0 Å². The van der Waals surface area contributed by atoms with Crippen molar-refractivity contribution in [2.45, 2.75) is 38.4 Å². The number of aromatic nitrogens is 3. The van der Waals surface area contributed by atoms with E-state index >= 15 is 0 Å². The molecule has 0 bridgehead atoms. The van der Waals surface area contributed by atoms with Gasteiger partial charge in [-0.25, -0.2) is 13.9 Å². The average molecular weight is 276 g/mol. The van der Waals surface area contributed by atoms with Crippen LogP contribution < -0.4 is 11.4 Å². The van der Waals surface area contributed by atoms with Gasteiger partial charge in [-0.2, -0.15) is 5.10 Å². The van der Waals surface area contributed by atoms with Gasteiger partial charge in [-0.05, 0) is 30.5 Å². The van der Waals surface area contributed by atoms with E-state index in [0.29, 0.717) is 6.54 Å². The highest BCUT2D eigenvalue weighted by atomic mass is 19.1. The van der Waals surface area contributed by atoms with Crippen LogP contribution in [0.1, 0.15) is 30.3 Å². The molecular formula is C14H17FN4O. The fraction of sp³-hybridized carbons (Fsp3) is 0.429. The highest BCUT2D eigenvalue weighted by molar-refractivity contribution is 5.19. The minimum Gasteiger partial charge on any atom is -0.322 e. The van der Waals surface area contributed by atoms with Crippen LogP contribution in [0.4, 0.5) is 4.39 Å². The normalized spacial score (nSPS) is 15.9.